The Morgan fingerprint density at radius 2 is 2.07 bits per heavy atom. The first-order valence-corrected chi connectivity index (χ1v) is 14.4. The second kappa shape index (κ2) is 14.0. The van der Waals surface area contributed by atoms with E-state index in [1.165, 1.54) is 0 Å². The Labute approximate surface area is 245 Å². The number of aryl methyl sites for hydroxylation is 2. The van der Waals surface area contributed by atoms with Gasteiger partial charge in [-0.3, -0.25) is 0 Å². The van der Waals surface area contributed by atoms with Crippen LogP contribution in [0.15, 0.2) is 22.7 Å². The molecule has 3 N–H and O–H groups in total. The second-order valence-electron chi connectivity index (χ2n) is 10.2. The lowest BCUT2D eigenvalue weighted by atomic mass is 10.0. The number of aliphatic hydroxyl groups is 1. The standard InChI is InChI=1S/C29H39ClN6O5/c1-6-39-29(38)36-12-8-7-9-20(36)14-32-27-17(2)26(25-18(3)35-41-19(25)4)33-28(34-27)23-13-22(10-11-24(23)30)40-16-21(37)15-31-5/h10-11,13,20-21,31,37H,6-9,12,14-16H2,1-5H3,(H,32,33,34)/t20?,21-/m1/s1. The predicted molar refractivity (Wildman–Crippen MR) is 157 cm³/mol. The highest BCUT2D eigenvalue weighted by molar-refractivity contribution is 6.33. The number of nitrogens with one attached hydrogen (secondary N) is 2. The van der Waals surface area contributed by atoms with Crippen molar-refractivity contribution in [3.05, 3.63) is 40.2 Å². The van der Waals surface area contributed by atoms with Crippen molar-refractivity contribution in [1.29, 1.82) is 0 Å². The summed E-state index contributed by atoms with van der Waals surface area (Å²) < 4.78 is 16.6. The molecule has 1 amide bonds. The first-order valence-electron chi connectivity index (χ1n) is 14.0. The van der Waals surface area contributed by atoms with E-state index < -0.39 is 6.10 Å². The van der Waals surface area contributed by atoms with Gasteiger partial charge < -0.3 is 34.6 Å². The molecule has 2 atom stereocenters. The van der Waals surface area contributed by atoms with E-state index in [4.69, 9.17) is 35.6 Å². The zero-order chi connectivity index (χ0) is 29.5. The van der Waals surface area contributed by atoms with Crippen molar-refractivity contribution < 1.29 is 23.9 Å². The van der Waals surface area contributed by atoms with Gasteiger partial charge in [-0.1, -0.05) is 16.8 Å². The van der Waals surface area contributed by atoms with Crippen molar-refractivity contribution in [2.24, 2.45) is 0 Å². The van der Waals surface area contributed by atoms with Gasteiger partial charge in [-0.25, -0.2) is 14.8 Å². The molecule has 0 aliphatic carbocycles. The number of anilines is 1. The van der Waals surface area contributed by atoms with Gasteiger partial charge in [-0.2, -0.15) is 0 Å². The first kappa shape index (κ1) is 30.5. The number of piperidine rings is 1. The number of ether oxygens (including phenoxy) is 2. The molecule has 1 saturated heterocycles. The van der Waals surface area contributed by atoms with Crippen molar-refractivity contribution in [1.82, 2.24) is 25.3 Å². The lowest BCUT2D eigenvalue weighted by Gasteiger charge is -2.35. The summed E-state index contributed by atoms with van der Waals surface area (Å²) in [5.41, 5.74) is 3.57. The number of hydrogen-bond donors (Lipinski definition) is 3. The van der Waals surface area contributed by atoms with Crippen LogP contribution < -0.4 is 15.4 Å². The van der Waals surface area contributed by atoms with Gasteiger partial charge in [-0.15, -0.1) is 0 Å². The number of likely N-dealkylation sites (N-methyl/N-ethyl adjacent to an activating group) is 1. The van der Waals surface area contributed by atoms with Crippen LogP contribution in [-0.4, -0.2) is 83.3 Å². The molecule has 0 radical (unpaired) electrons. The Morgan fingerprint density at radius 3 is 2.78 bits per heavy atom. The van der Waals surface area contributed by atoms with Crippen LogP contribution in [-0.2, 0) is 4.74 Å². The van der Waals surface area contributed by atoms with Crippen LogP contribution in [0.25, 0.3) is 22.6 Å². The number of benzene rings is 1. The summed E-state index contributed by atoms with van der Waals surface area (Å²) in [4.78, 5) is 24.2. The van der Waals surface area contributed by atoms with Crippen molar-refractivity contribution >= 4 is 23.5 Å². The smallest absolute Gasteiger partial charge is 0.410 e. The Balaban J connectivity index is 1.70. The number of nitrogens with zero attached hydrogens (tertiary/aromatic N) is 4. The van der Waals surface area contributed by atoms with Gasteiger partial charge in [-0.05, 0) is 72.2 Å². The van der Waals surface area contributed by atoms with E-state index in [0.29, 0.717) is 71.4 Å². The van der Waals surface area contributed by atoms with Gasteiger partial charge in [0.2, 0.25) is 0 Å². The molecule has 4 rings (SSSR count). The SMILES string of the molecule is CCOC(=O)N1CCCCC1CNc1nc(-c2cc(OC[C@H](O)CNC)ccc2Cl)nc(-c2c(C)noc2C)c1C. The van der Waals surface area contributed by atoms with Crippen LogP contribution >= 0.6 is 11.6 Å². The minimum absolute atomic E-state index is 0.0347. The molecule has 1 aliphatic rings. The number of carbonyl (C=O) groups is 1. The van der Waals surface area contributed by atoms with Gasteiger partial charge in [0.05, 0.1) is 34.6 Å². The van der Waals surface area contributed by atoms with E-state index in [0.717, 1.165) is 30.4 Å². The van der Waals surface area contributed by atoms with E-state index in [-0.39, 0.29) is 18.7 Å². The third-order valence-electron chi connectivity index (χ3n) is 7.11. The molecule has 222 valence electrons. The fourth-order valence-corrected chi connectivity index (χ4v) is 5.20. The zero-order valence-corrected chi connectivity index (χ0v) is 25.0. The Morgan fingerprint density at radius 1 is 1.27 bits per heavy atom. The minimum Gasteiger partial charge on any atom is -0.491 e. The summed E-state index contributed by atoms with van der Waals surface area (Å²) in [6, 6.07) is 5.20. The molecule has 1 unspecified atom stereocenters. The normalized spacial score (nSPS) is 16.0. The number of aliphatic hydroxyl groups excluding tert-OH is 1. The molecule has 3 aromatic rings. The van der Waals surface area contributed by atoms with Crippen molar-refractivity contribution in [2.45, 2.75) is 59.1 Å². The number of halogens is 1. The summed E-state index contributed by atoms with van der Waals surface area (Å²) in [6.07, 6.45) is 1.89. The third kappa shape index (κ3) is 7.27. The quantitative estimate of drug-likeness (QED) is 0.288. The lowest BCUT2D eigenvalue weighted by Crippen LogP contribution is -2.47. The fourth-order valence-electron chi connectivity index (χ4n) is 5.00. The van der Waals surface area contributed by atoms with Crippen LogP contribution in [0.5, 0.6) is 5.75 Å². The third-order valence-corrected chi connectivity index (χ3v) is 7.44. The van der Waals surface area contributed by atoms with E-state index in [1.54, 1.807) is 30.1 Å². The van der Waals surface area contributed by atoms with E-state index in [2.05, 4.69) is 15.8 Å². The Bertz CT molecular complexity index is 1330. The lowest BCUT2D eigenvalue weighted by molar-refractivity contribution is 0.0797. The maximum absolute atomic E-state index is 12.6. The van der Waals surface area contributed by atoms with Crippen molar-refractivity contribution in [2.75, 3.05) is 45.2 Å². The van der Waals surface area contributed by atoms with E-state index in [1.807, 2.05) is 27.7 Å². The number of rotatable bonds is 11. The fraction of sp³-hybridized carbons (Fsp3) is 0.517. The molecule has 1 aliphatic heterocycles. The molecule has 0 saturated carbocycles. The Kier molecular flexibility index (Phi) is 10.4. The molecule has 0 spiro atoms. The second-order valence-corrected chi connectivity index (χ2v) is 10.6. The van der Waals surface area contributed by atoms with E-state index >= 15 is 0 Å². The van der Waals surface area contributed by atoms with Crippen LogP contribution in [0.1, 0.15) is 43.2 Å². The molecule has 41 heavy (non-hydrogen) atoms. The van der Waals surface area contributed by atoms with E-state index in [9.17, 15) is 9.90 Å². The molecule has 2 aromatic heterocycles. The van der Waals surface area contributed by atoms with Crippen molar-refractivity contribution in [3.63, 3.8) is 0 Å². The van der Waals surface area contributed by atoms with Crippen LogP contribution in [0.3, 0.4) is 0 Å². The summed E-state index contributed by atoms with van der Waals surface area (Å²) in [7, 11) is 1.77. The predicted octanol–water partition coefficient (Wildman–Crippen LogP) is 4.76. The number of aromatic nitrogens is 3. The monoisotopic (exact) mass is 586 g/mol. The number of carbonyl (C=O) groups excluding carboxylic acids is 1. The summed E-state index contributed by atoms with van der Waals surface area (Å²) in [5, 5.41) is 21.1. The molecular weight excluding hydrogens is 548 g/mol. The summed E-state index contributed by atoms with van der Waals surface area (Å²) in [6.45, 7) is 9.50. The molecule has 1 aromatic carbocycles. The number of hydrogen-bond acceptors (Lipinski definition) is 10. The molecule has 0 bridgehead atoms. The average Bonchev–Trinajstić information content (AvgIpc) is 3.29. The maximum Gasteiger partial charge on any atom is 0.410 e. The van der Waals surface area contributed by atoms with Gasteiger partial charge in [0.15, 0.2) is 5.82 Å². The molecule has 1 fully saturated rings. The Hall–Kier alpha value is -3.41. The number of amides is 1. The zero-order valence-electron chi connectivity index (χ0n) is 24.3. The highest BCUT2D eigenvalue weighted by atomic mass is 35.5. The summed E-state index contributed by atoms with van der Waals surface area (Å²) >= 11 is 6.65. The molecule has 12 heteroatoms. The molecule has 3 heterocycles. The average molecular weight is 587 g/mol. The highest BCUT2D eigenvalue weighted by Gasteiger charge is 2.28. The van der Waals surface area contributed by atoms with Gasteiger partial charge >= 0.3 is 6.09 Å². The highest BCUT2D eigenvalue weighted by Crippen LogP contribution is 2.36. The minimum atomic E-state index is -0.661. The van der Waals surface area contributed by atoms with Gasteiger partial charge in [0, 0.05) is 30.8 Å². The van der Waals surface area contributed by atoms with Gasteiger partial charge in [0.1, 0.15) is 30.0 Å². The molecular formula is C29H39ClN6O5. The van der Waals surface area contributed by atoms with Crippen molar-refractivity contribution in [3.8, 4) is 28.4 Å². The van der Waals surface area contributed by atoms with Crippen LogP contribution in [0, 0.1) is 20.8 Å². The maximum atomic E-state index is 12.6. The van der Waals surface area contributed by atoms with Gasteiger partial charge in [0.25, 0.3) is 0 Å². The van der Waals surface area contributed by atoms with Crippen LogP contribution in [0.4, 0.5) is 10.6 Å². The molecule has 11 nitrogen and oxygen atoms in total. The number of likely N-dealkylation sites (tertiary alicyclic amines) is 1. The van der Waals surface area contributed by atoms with Crippen LogP contribution in [0.2, 0.25) is 5.02 Å². The largest absolute Gasteiger partial charge is 0.491 e. The topological polar surface area (TPSA) is 135 Å². The summed E-state index contributed by atoms with van der Waals surface area (Å²) in [5.74, 6) is 2.18. The first-order chi connectivity index (χ1) is 19.7.